The highest BCUT2D eigenvalue weighted by Gasteiger charge is 2.57. The maximum absolute atomic E-state index is 12.3. The summed E-state index contributed by atoms with van der Waals surface area (Å²) in [5.74, 6) is 0.677. The van der Waals surface area contributed by atoms with Crippen molar-refractivity contribution in [1.29, 1.82) is 0 Å². The van der Waals surface area contributed by atoms with Gasteiger partial charge in [0.25, 0.3) is 0 Å². The highest BCUT2D eigenvalue weighted by molar-refractivity contribution is 5.87. The molecule has 4 heteroatoms. The highest BCUT2D eigenvalue weighted by atomic mass is 16.2. The molecule has 0 spiro atoms. The van der Waals surface area contributed by atoms with Gasteiger partial charge in [-0.3, -0.25) is 9.59 Å². The average Bonchev–Trinajstić information content (AvgIpc) is 2.24. The van der Waals surface area contributed by atoms with Crippen LogP contribution in [-0.2, 0) is 9.59 Å². The molecule has 0 aromatic carbocycles. The van der Waals surface area contributed by atoms with Gasteiger partial charge in [0.2, 0.25) is 5.91 Å². The minimum absolute atomic E-state index is 0.130. The summed E-state index contributed by atoms with van der Waals surface area (Å²) in [6, 6.07) is 0. The molecule has 0 radical (unpaired) electrons. The zero-order valence-corrected chi connectivity index (χ0v) is 12.6. The fourth-order valence-electron chi connectivity index (χ4n) is 4.57. The van der Waals surface area contributed by atoms with Crippen LogP contribution in [0.2, 0.25) is 0 Å². The number of amides is 1. The monoisotopic (exact) mass is 276 g/mol. The van der Waals surface area contributed by atoms with Gasteiger partial charge >= 0.3 is 0 Å². The van der Waals surface area contributed by atoms with E-state index in [4.69, 9.17) is 5.73 Å². The Kier molecular flexibility index (Phi) is 2.72. The summed E-state index contributed by atoms with van der Waals surface area (Å²) < 4.78 is 0. The Labute approximate surface area is 120 Å². The summed E-state index contributed by atoms with van der Waals surface area (Å²) in [6.45, 7) is 5.14. The molecule has 3 unspecified atom stereocenters. The average molecular weight is 276 g/mol. The van der Waals surface area contributed by atoms with Crippen LogP contribution in [0.15, 0.2) is 11.6 Å². The molecule has 3 N–H and O–H groups in total. The topological polar surface area (TPSA) is 72.2 Å². The van der Waals surface area contributed by atoms with Gasteiger partial charge in [-0.2, -0.15) is 0 Å². The quantitative estimate of drug-likeness (QED) is 0.770. The summed E-state index contributed by atoms with van der Waals surface area (Å²) in [5, 5.41) is 3.15. The van der Waals surface area contributed by atoms with E-state index in [1.54, 1.807) is 20.8 Å². The van der Waals surface area contributed by atoms with Crippen LogP contribution >= 0.6 is 0 Å². The first-order chi connectivity index (χ1) is 9.14. The zero-order chi connectivity index (χ0) is 14.8. The molecular weight excluding hydrogens is 252 g/mol. The predicted octanol–water partition coefficient (Wildman–Crippen LogP) is 1.69. The van der Waals surface area contributed by atoms with Gasteiger partial charge in [-0.1, -0.05) is 11.6 Å². The summed E-state index contributed by atoms with van der Waals surface area (Å²) in [4.78, 5) is 24.4. The smallest absolute Gasteiger partial charge is 0.240 e. The minimum atomic E-state index is -0.884. The summed E-state index contributed by atoms with van der Waals surface area (Å²) in [5.41, 5.74) is 5.79. The molecule has 2 saturated carbocycles. The lowest BCUT2D eigenvalue weighted by Gasteiger charge is -2.57. The molecule has 0 heterocycles. The lowest BCUT2D eigenvalue weighted by atomic mass is 9.50. The van der Waals surface area contributed by atoms with E-state index in [2.05, 4.69) is 11.4 Å². The Hall–Kier alpha value is -1.16. The Morgan fingerprint density at radius 2 is 2.10 bits per heavy atom. The van der Waals surface area contributed by atoms with Crippen molar-refractivity contribution in [2.75, 3.05) is 0 Å². The molecule has 1 amide bonds. The number of allylic oxidation sites excluding steroid dienone is 1. The number of hydrogen-bond acceptors (Lipinski definition) is 3. The SMILES string of the molecule is CC(=O)C12CC3=CC(NC(=O)C(C)(C)N)(CC(C3)C1)C2. The Bertz CT molecular complexity index is 517. The molecule has 2 fully saturated rings. The Balaban J connectivity index is 1.93. The molecule has 3 atom stereocenters. The van der Waals surface area contributed by atoms with Gasteiger partial charge in [-0.05, 0) is 58.8 Å². The van der Waals surface area contributed by atoms with E-state index in [-0.39, 0.29) is 22.6 Å². The van der Waals surface area contributed by atoms with Crippen molar-refractivity contribution < 1.29 is 9.59 Å². The normalized spacial score (nSPS) is 38.6. The Morgan fingerprint density at radius 1 is 1.40 bits per heavy atom. The van der Waals surface area contributed by atoms with E-state index in [9.17, 15) is 9.59 Å². The fraction of sp³-hybridized carbons (Fsp3) is 0.750. The molecule has 4 nitrogen and oxygen atoms in total. The van der Waals surface area contributed by atoms with Crippen LogP contribution in [0.4, 0.5) is 0 Å². The molecule has 4 bridgehead atoms. The van der Waals surface area contributed by atoms with Crippen molar-refractivity contribution in [1.82, 2.24) is 5.32 Å². The van der Waals surface area contributed by atoms with Crippen LogP contribution in [0, 0.1) is 11.3 Å². The van der Waals surface area contributed by atoms with Crippen LogP contribution in [0.3, 0.4) is 0 Å². The molecule has 4 aliphatic carbocycles. The number of carbonyl (C=O) groups excluding carboxylic acids is 2. The number of Topliss-reactive ketones (excluding diaryl/α,β-unsaturated/α-hetero) is 1. The van der Waals surface area contributed by atoms with E-state index in [0.29, 0.717) is 5.92 Å². The largest absolute Gasteiger partial charge is 0.346 e. The second-order valence-electron chi connectivity index (χ2n) is 7.80. The van der Waals surface area contributed by atoms with Crippen molar-refractivity contribution in [2.24, 2.45) is 17.1 Å². The number of nitrogens with one attached hydrogen (secondary N) is 1. The molecule has 110 valence electrons. The first-order valence-electron chi connectivity index (χ1n) is 7.47. The molecule has 0 aliphatic heterocycles. The molecule has 0 aromatic heterocycles. The van der Waals surface area contributed by atoms with E-state index < -0.39 is 5.54 Å². The van der Waals surface area contributed by atoms with Gasteiger partial charge in [-0.25, -0.2) is 0 Å². The zero-order valence-electron chi connectivity index (χ0n) is 12.6. The third-order valence-corrected chi connectivity index (χ3v) is 5.28. The van der Waals surface area contributed by atoms with E-state index in [0.717, 1.165) is 32.1 Å². The van der Waals surface area contributed by atoms with Gasteiger partial charge in [-0.15, -0.1) is 0 Å². The second kappa shape index (κ2) is 3.94. The molecular formula is C16H24N2O2. The summed E-state index contributed by atoms with van der Waals surface area (Å²) in [6.07, 6.45) is 6.89. The van der Waals surface area contributed by atoms with Crippen LogP contribution in [0.25, 0.3) is 0 Å². The van der Waals surface area contributed by atoms with Gasteiger partial charge in [0.1, 0.15) is 5.78 Å². The third kappa shape index (κ3) is 2.01. The van der Waals surface area contributed by atoms with E-state index in [1.807, 2.05) is 0 Å². The number of carbonyl (C=O) groups is 2. The second-order valence-corrected chi connectivity index (χ2v) is 7.80. The number of ketones is 1. The lowest BCUT2D eigenvalue weighted by Crippen LogP contribution is -2.64. The first-order valence-corrected chi connectivity index (χ1v) is 7.47. The third-order valence-electron chi connectivity index (χ3n) is 5.28. The van der Waals surface area contributed by atoms with Gasteiger partial charge in [0.15, 0.2) is 0 Å². The molecule has 20 heavy (non-hydrogen) atoms. The number of nitrogens with two attached hydrogens (primary N) is 1. The maximum Gasteiger partial charge on any atom is 0.240 e. The number of hydrogen-bond donors (Lipinski definition) is 2. The van der Waals surface area contributed by atoms with Gasteiger partial charge in [0.05, 0.1) is 11.1 Å². The standard InChI is InChI=1S/C16H24N2O2/c1-10(19)15-5-11-4-12(6-15)8-16(7-11,9-15)18-13(20)14(2,3)17/h7,12H,4-6,8-9,17H2,1-3H3,(H,18,20). The summed E-state index contributed by atoms with van der Waals surface area (Å²) in [7, 11) is 0. The molecule has 0 saturated heterocycles. The van der Waals surface area contributed by atoms with Crippen LogP contribution in [-0.4, -0.2) is 22.8 Å². The van der Waals surface area contributed by atoms with Crippen molar-refractivity contribution in [3.05, 3.63) is 11.6 Å². The maximum atomic E-state index is 12.3. The van der Waals surface area contributed by atoms with Crippen molar-refractivity contribution in [3.8, 4) is 0 Å². The van der Waals surface area contributed by atoms with Gasteiger partial charge in [0, 0.05) is 5.41 Å². The van der Waals surface area contributed by atoms with Crippen LogP contribution in [0.1, 0.15) is 52.9 Å². The van der Waals surface area contributed by atoms with Crippen molar-refractivity contribution in [2.45, 2.75) is 64.0 Å². The Morgan fingerprint density at radius 3 is 2.65 bits per heavy atom. The van der Waals surface area contributed by atoms with Crippen molar-refractivity contribution in [3.63, 3.8) is 0 Å². The molecule has 4 rings (SSSR count). The fourth-order valence-corrected chi connectivity index (χ4v) is 4.57. The molecule has 0 aromatic rings. The van der Waals surface area contributed by atoms with E-state index >= 15 is 0 Å². The van der Waals surface area contributed by atoms with E-state index in [1.165, 1.54) is 5.57 Å². The lowest BCUT2D eigenvalue weighted by molar-refractivity contribution is -0.137. The van der Waals surface area contributed by atoms with Gasteiger partial charge < -0.3 is 11.1 Å². The first kappa shape index (κ1) is 13.8. The van der Waals surface area contributed by atoms with Crippen LogP contribution in [0.5, 0.6) is 0 Å². The molecule has 4 aliphatic rings. The van der Waals surface area contributed by atoms with Crippen LogP contribution < -0.4 is 11.1 Å². The number of rotatable bonds is 3. The minimum Gasteiger partial charge on any atom is -0.346 e. The van der Waals surface area contributed by atoms with Crippen molar-refractivity contribution >= 4 is 11.7 Å². The highest BCUT2D eigenvalue weighted by Crippen LogP contribution is 2.59. The summed E-state index contributed by atoms with van der Waals surface area (Å²) >= 11 is 0. The predicted molar refractivity (Wildman–Crippen MR) is 76.9 cm³/mol.